The third-order valence-electron chi connectivity index (χ3n) is 4.92. The van der Waals surface area contributed by atoms with Gasteiger partial charge in [0.25, 0.3) is 5.91 Å². The number of anilines is 1. The number of benzene rings is 1. The van der Waals surface area contributed by atoms with E-state index in [1.165, 1.54) is 7.11 Å². The lowest BCUT2D eigenvalue weighted by Gasteiger charge is -2.33. The first-order valence-corrected chi connectivity index (χ1v) is 9.26. The molecule has 2 aromatic rings. The highest BCUT2D eigenvalue weighted by atomic mass is 16.5. The zero-order valence-corrected chi connectivity index (χ0v) is 16.1. The van der Waals surface area contributed by atoms with Gasteiger partial charge < -0.3 is 19.7 Å². The number of carbonyl (C=O) groups excluding carboxylic acids is 1. The Bertz CT molecular complexity index is 878. The minimum Gasteiger partial charge on any atom is -0.493 e. The van der Waals surface area contributed by atoms with Crippen LogP contribution in [0.15, 0.2) is 36.5 Å². The second-order valence-corrected chi connectivity index (χ2v) is 6.72. The summed E-state index contributed by atoms with van der Waals surface area (Å²) < 4.78 is 10.6. The summed E-state index contributed by atoms with van der Waals surface area (Å²) in [6.45, 7) is 2.25. The minimum absolute atomic E-state index is 0.183. The van der Waals surface area contributed by atoms with E-state index in [0.717, 1.165) is 31.7 Å². The molecule has 0 radical (unpaired) electrons. The lowest BCUT2D eigenvalue weighted by Crippen LogP contribution is -2.41. The van der Waals surface area contributed by atoms with Crippen LogP contribution < -0.4 is 19.7 Å². The van der Waals surface area contributed by atoms with E-state index < -0.39 is 0 Å². The van der Waals surface area contributed by atoms with E-state index in [-0.39, 0.29) is 5.91 Å². The van der Waals surface area contributed by atoms with Gasteiger partial charge in [0, 0.05) is 25.8 Å². The monoisotopic (exact) mass is 380 g/mol. The average molecular weight is 380 g/mol. The van der Waals surface area contributed by atoms with Gasteiger partial charge in [-0.05, 0) is 43.0 Å². The number of methoxy groups -OCH3 is 2. The molecule has 3 rings (SSSR count). The molecule has 1 aliphatic rings. The zero-order chi connectivity index (χ0) is 19.9. The number of aromatic nitrogens is 1. The van der Waals surface area contributed by atoms with Crippen LogP contribution in [0.4, 0.5) is 5.82 Å². The summed E-state index contributed by atoms with van der Waals surface area (Å²) in [6.07, 6.45) is 3.71. The Morgan fingerprint density at radius 3 is 2.96 bits per heavy atom. The van der Waals surface area contributed by atoms with Gasteiger partial charge in [0.1, 0.15) is 5.82 Å². The maximum atomic E-state index is 12.7. The molecule has 1 fully saturated rings. The Hall–Kier alpha value is -3.27. The largest absolute Gasteiger partial charge is 0.493 e. The molecular formula is C21H24N4O3. The molecule has 0 aliphatic carbocycles. The summed E-state index contributed by atoms with van der Waals surface area (Å²) in [5, 5.41) is 12.1. The second kappa shape index (κ2) is 9.09. The number of hydrogen-bond acceptors (Lipinski definition) is 6. The molecule has 7 heteroatoms. The lowest BCUT2D eigenvalue weighted by molar-refractivity contribution is 0.0942. The molecule has 1 atom stereocenters. The third-order valence-corrected chi connectivity index (χ3v) is 4.92. The van der Waals surface area contributed by atoms with Crippen LogP contribution in [0.3, 0.4) is 0 Å². The van der Waals surface area contributed by atoms with Crippen LogP contribution in [-0.2, 0) is 0 Å². The molecule has 1 aliphatic heterocycles. The predicted octanol–water partition coefficient (Wildman–Crippen LogP) is 2.62. The number of amides is 1. The first-order chi connectivity index (χ1) is 13.7. The average Bonchev–Trinajstić information content (AvgIpc) is 2.77. The fourth-order valence-corrected chi connectivity index (χ4v) is 3.50. The van der Waals surface area contributed by atoms with Gasteiger partial charge in [-0.25, -0.2) is 4.98 Å². The number of hydrogen-bond donors (Lipinski definition) is 1. The Labute approximate surface area is 164 Å². The van der Waals surface area contributed by atoms with Crippen LogP contribution in [0.1, 0.15) is 28.8 Å². The number of piperidine rings is 1. The third kappa shape index (κ3) is 4.34. The van der Waals surface area contributed by atoms with Crippen LogP contribution >= 0.6 is 0 Å². The second-order valence-electron chi connectivity index (χ2n) is 6.72. The molecule has 1 saturated heterocycles. The summed E-state index contributed by atoms with van der Waals surface area (Å²) in [4.78, 5) is 19.2. The molecule has 2 heterocycles. The first kappa shape index (κ1) is 19.5. The lowest BCUT2D eigenvalue weighted by atomic mass is 9.97. The molecule has 28 heavy (non-hydrogen) atoms. The summed E-state index contributed by atoms with van der Waals surface area (Å²) in [7, 11) is 3.07. The summed E-state index contributed by atoms with van der Waals surface area (Å²) >= 11 is 0. The summed E-state index contributed by atoms with van der Waals surface area (Å²) in [5.74, 6) is 1.90. The predicted molar refractivity (Wildman–Crippen MR) is 106 cm³/mol. The molecular weight excluding hydrogens is 356 g/mol. The number of nitrogens with one attached hydrogen (secondary N) is 1. The van der Waals surface area contributed by atoms with Gasteiger partial charge in [-0.2, -0.15) is 5.26 Å². The standard InChI is InChI=1S/C21H24N4O3/c1-27-18-7-3-6-17(20(18)28-2)21(26)24-13-16-5-4-10-25(14-16)19-11-15(12-22)8-9-23-19/h3,6-9,11,16H,4-5,10,13-14H2,1-2H3,(H,24,26). The Morgan fingerprint density at radius 1 is 1.36 bits per heavy atom. The van der Waals surface area contributed by atoms with Crippen LogP contribution in [-0.4, -0.2) is 44.7 Å². The zero-order valence-electron chi connectivity index (χ0n) is 16.1. The van der Waals surface area contributed by atoms with Crippen molar-refractivity contribution in [2.75, 3.05) is 38.8 Å². The van der Waals surface area contributed by atoms with Crippen LogP contribution in [0.2, 0.25) is 0 Å². The molecule has 0 saturated carbocycles. The Kier molecular flexibility index (Phi) is 6.33. The van der Waals surface area contributed by atoms with Crippen LogP contribution in [0, 0.1) is 17.2 Å². The molecule has 7 nitrogen and oxygen atoms in total. The van der Waals surface area contributed by atoms with Crippen molar-refractivity contribution in [3.05, 3.63) is 47.7 Å². The van der Waals surface area contributed by atoms with E-state index in [4.69, 9.17) is 14.7 Å². The van der Waals surface area contributed by atoms with Crippen molar-refractivity contribution in [3.63, 3.8) is 0 Å². The topological polar surface area (TPSA) is 87.5 Å². The highest BCUT2D eigenvalue weighted by Crippen LogP contribution is 2.30. The summed E-state index contributed by atoms with van der Waals surface area (Å²) in [6, 6.07) is 10.9. The van der Waals surface area contributed by atoms with Crippen molar-refractivity contribution in [3.8, 4) is 17.6 Å². The van der Waals surface area contributed by atoms with E-state index >= 15 is 0 Å². The molecule has 146 valence electrons. The molecule has 1 aromatic carbocycles. The van der Waals surface area contributed by atoms with Gasteiger partial charge in [-0.3, -0.25) is 4.79 Å². The van der Waals surface area contributed by atoms with E-state index in [0.29, 0.717) is 35.1 Å². The van der Waals surface area contributed by atoms with Gasteiger partial charge in [0.15, 0.2) is 11.5 Å². The fourth-order valence-electron chi connectivity index (χ4n) is 3.50. The van der Waals surface area contributed by atoms with Crippen LogP contribution in [0.25, 0.3) is 0 Å². The number of carbonyl (C=O) groups is 1. The highest BCUT2D eigenvalue weighted by molar-refractivity contribution is 5.97. The van der Waals surface area contributed by atoms with Gasteiger partial charge in [-0.1, -0.05) is 6.07 Å². The van der Waals surface area contributed by atoms with Crippen molar-refractivity contribution in [2.45, 2.75) is 12.8 Å². The number of nitrogens with zero attached hydrogens (tertiary/aromatic N) is 3. The summed E-state index contributed by atoms with van der Waals surface area (Å²) in [5.41, 5.74) is 1.06. The number of nitriles is 1. The number of rotatable bonds is 6. The van der Waals surface area contributed by atoms with Gasteiger partial charge >= 0.3 is 0 Å². The smallest absolute Gasteiger partial charge is 0.255 e. The van der Waals surface area contributed by atoms with Gasteiger partial charge in [-0.15, -0.1) is 0 Å². The number of pyridine rings is 1. The molecule has 1 N–H and O–H groups in total. The van der Waals surface area contributed by atoms with Crippen LogP contribution in [0.5, 0.6) is 11.5 Å². The molecule has 0 spiro atoms. The number of para-hydroxylation sites is 1. The van der Waals surface area contributed by atoms with E-state index in [1.807, 2.05) is 6.07 Å². The Balaban J connectivity index is 1.63. The SMILES string of the molecule is COc1cccc(C(=O)NCC2CCCN(c3cc(C#N)ccn3)C2)c1OC. The van der Waals surface area contributed by atoms with Crippen molar-refractivity contribution < 1.29 is 14.3 Å². The Morgan fingerprint density at radius 2 is 2.21 bits per heavy atom. The van der Waals surface area contributed by atoms with Crippen molar-refractivity contribution in [1.29, 1.82) is 5.26 Å². The van der Waals surface area contributed by atoms with E-state index in [9.17, 15) is 4.79 Å². The highest BCUT2D eigenvalue weighted by Gasteiger charge is 2.23. The van der Waals surface area contributed by atoms with E-state index in [1.54, 1.807) is 37.6 Å². The fraction of sp³-hybridized carbons (Fsp3) is 0.381. The molecule has 1 amide bonds. The molecule has 1 aromatic heterocycles. The van der Waals surface area contributed by atoms with Crippen molar-refractivity contribution in [2.24, 2.45) is 5.92 Å². The van der Waals surface area contributed by atoms with Gasteiger partial charge in [0.05, 0.1) is 31.4 Å². The maximum Gasteiger partial charge on any atom is 0.255 e. The molecule has 0 bridgehead atoms. The van der Waals surface area contributed by atoms with Gasteiger partial charge in [0.2, 0.25) is 0 Å². The maximum absolute atomic E-state index is 12.7. The minimum atomic E-state index is -0.183. The molecule has 1 unspecified atom stereocenters. The normalized spacial score (nSPS) is 16.2. The van der Waals surface area contributed by atoms with Crippen molar-refractivity contribution >= 4 is 11.7 Å². The van der Waals surface area contributed by atoms with E-state index in [2.05, 4.69) is 21.3 Å². The number of ether oxygens (including phenoxy) is 2. The van der Waals surface area contributed by atoms with Crippen molar-refractivity contribution in [1.82, 2.24) is 10.3 Å². The first-order valence-electron chi connectivity index (χ1n) is 9.26. The quantitative estimate of drug-likeness (QED) is 0.829.